The third-order valence-electron chi connectivity index (χ3n) is 2.72. The smallest absolute Gasteiger partial charge is 0.207 e. The number of sulfonamides is 1. The topological polar surface area (TPSA) is 70.0 Å². The Hall–Kier alpha value is -0.610. The molecule has 0 aromatic heterocycles. The molecule has 0 saturated heterocycles. The highest BCUT2D eigenvalue weighted by Crippen LogP contribution is 2.33. The van der Waals surface area contributed by atoms with Crippen LogP contribution in [0.25, 0.3) is 0 Å². The van der Waals surface area contributed by atoms with E-state index in [0.29, 0.717) is 9.50 Å². The van der Waals surface area contributed by atoms with E-state index in [0.717, 1.165) is 12.8 Å². The molecule has 1 aliphatic carbocycles. The van der Waals surface area contributed by atoms with Crippen LogP contribution in [0.3, 0.4) is 0 Å². The summed E-state index contributed by atoms with van der Waals surface area (Å²) >= 11 is 8.98. The predicted octanol–water partition coefficient (Wildman–Crippen LogP) is 2.68. The molecule has 1 aromatic carbocycles. The molecular weight excluding hydrogens is 340 g/mol. The van der Waals surface area contributed by atoms with E-state index in [4.69, 9.17) is 16.9 Å². The van der Waals surface area contributed by atoms with Crippen molar-refractivity contribution in [2.75, 3.05) is 0 Å². The van der Waals surface area contributed by atoms with Gasteiger partial charge in [-0.25, -0.2) is 8.42 Å². The van der Waals surface area contributed by atoms with Crippen LogP contribution in [0.1, 0.15) is 12.8 Å². The Morgan fingerprint density at radius 3 is 2.67 bits per heavy atom. The molecule has 7 heteroatoms. The Labute approximate surface area is 119 Å². The van der Waals surface area contributed by atoms with Crippen LogP contribution in [-0.4, -0.2) is 14.5 Å². The normalized spacial score (nSPS) is 17.2. The van der Waals surface area contributed by atoms with Gasteiger partial charge < -0.3 is 0 Å². The standard InChI is InChI=1S/C11H10BrClN2O2S/c12-9-5-8(3-4-10(9)13)18(16,17)15-11(6-14)7-1-2-7/h3-5,7,11,15H,1-2H2. The van der Waals surface area contributed by atoms with E-state index in [2.05, 4.69) is 20.7 Å². The maximum absolute atomic E-state index is 12.1. The minimum atomic E-state index is -3.68. The molecule has 1 aromatic rings. The second-order valence-electron chi connectivity index (χ2n) is 4.14. The van der Waals surface area contributed by atoms with Crippen LogP contribution in [-0.2, 0) is 10.0 Å². The fraction of sp³-hybridized carbons (Fsp3) is 0.364. The van der Waals surface area contributed by atoms with Gasteiger partial charge >= 0.3 is 0 Å². The Balaban J connectivity index is 2.24. The fourth-order valence-corrected chi connectivity index (χ4v) is 3.42. The summed E-state index contributed by atoms with van der Waals surface area (Å²) in [7, 11) is -3.68. The first-order valence-corrected chi connectivity index (χ1v) is 7.96. The Morgan fingerprint density at radius 1 is 1.50 bits per heavy atom. The van der Waals surface area contributed by atoms with Crippen LogP contribution in [0.2, 0.25) is 5.02 Å². The van der Waals surface area contributed by atoms with Crippen molar-refractivity contribution in [1.29, 1.82) is 5.26 Å². The quantitative estimate of drug-likeness (QED) is 0.908. The van der Waals surface area contributed by atoms with Crippen molar-refractivity contribution in [3.05, 3.63) is 27.7 Å². The minimum Gasteiger partial charge on any atom is -0.207 e. The Kier molecular flexibility index (Phi) is 3.97. The second kappa shape index (κ2) is 5.17. The summed E-state index contributed by atoms with van der Waals surface area (Å²) in [4.78, 5) is 0.0969. The van der Waals surface area contributed by atoms with E-state index in [-0.39, 0.29) is 10.8 Å². The summed E-state index contributed by atoms with van der Waals surface area (Å²) < 4.78 is 27.1. The van der Waals surface area contributed by atoms with Gasteiger partial charge in [-0.3, -0.25) is 0 Å². The largest absolute Gasteiger partial charge is 0.241 e. The summed E-state index contributed by atoms with van der Waals surface area (Å²) in [6.45, 7) is 0. The van der Waals surface area contributed by atoms with Gasteiger partial charge in [0.1, 0.15) is 6.04 Å². The Bertz CT molecular complexity index is 608. The number of nitrogens with one attached hydrogen (secondary N) is 1. The third-order valence-corrected chi connectivity index (χ3v) is 5.37. The average molecular weight is 350 g/mol. The monoisotopic (exact) mass is 348 g/mol. The Morgan fingerprint density at radius 2 is 2.17 bits per heavy atom. The van der Waals surface area contributed by atoms with Crippen molar-refractivity contribution < 1.29 is 8.42 Å². The zero-order valence-electron chi connectivity index (χ0n) is 9.23. The number of nitriles is 1. The average Bonchev–Trinajstić information content (AvgIpc) is 3.13. The lowest BCUT2D eigenvalue weighted by Crippen LogP contribution is -2.35. The van der Waals surface area contributed by atoms with E-state index >= 15 is 0 Å². The van der Waals surface area contributed by atoms with Gasteiger partial charge in [-0.1, -0.05) is 11.6 Å². The number of hydrogen-bond donors (Lipinski definition) is 1. The first kappa shape index (κ1) is 13.8. The van der Waals surface area contributed by atoms with Crippen LogP contribution in [0.15, 0.2) is 27.6 Å². The molecule has 0 amide bonds. The van der Waals surface area contributed by atoms with Crippen LogP contribution >= 0.6 is 27.5 Å². The highest BCUT2D eigenvalue weighted by Gasteiger charge is 2.34. The summed E-state index contributed by atoms with van der Waals surface area (Å²) in [5.74, 6) is 0.139. The van der Waals surface area contributed by atoms with Crippen molar-refractivity contribution in [1.82, 2.24) is 4.72 Å². The molecule has 1 saturated carbocycles. The van der Waals surface area contributed by atoms with Gasteiger partial charge in [0, 0.05) is 4.47 Å². The van der Waals surface area contributed by atoms with Crippen molar-refractivity contribution in [3.8, 4) is 6.07 Å². The van der Waals surface area contributed by atoms with Crippen LogP contribution in [0.5, 0.6) is 0 Å². The second-order valence-corrected chi connectivity index (χ2v) is 7.12. The van der Waals surface area contributed by atoms with Crippen molar-refractivity contribution in [2.24, 2.45) is 5.92 Å². The highest BCUT2D eigenvalue weighted by atomic mass is 79.9. The first-order chi connectivity index (χ1) is 8.44. The van der Waals surface area contributed by atoms with Gasteiger partial charge in [-0.05, 0) is 52.9 Å². The third kappa shape index (κ3) is 3.04. The van der Waals surface area contributed by atoms with Crippen molar-refractivity contribution in [2.45, 2.75) is 23.8 Å². The number of nitrogens with zero attached hydrogens (tertiary/aromatic N) is 1. The van der Waals surface area contributed by atoms with Crippen molar-refractivity contribution in [3.63, 3.8) is 0 Å². The van der Waals surface area contributed by atoms with Gasteiger partial charge in [-0.15, -0.1) is 0 Å². The minimum absolute atomic E-state index is 0.0969. The first-order valence-electron chi connectivity index (χ1n) is 5.31. The van der Waals surface area contributed by atoms with Gasteiger partial charge in [0.25, 0.3) is 0 Å². The van der Waals surface area contributed by atoms with E-state index in [9.17, 15) is 8.42 Å². The van der Waals surface area contributed by atoms with Crippen LogP contribution in [0, 0.1) is 17.2 Å². The number of benzene rings is 1. The van der Waals surface area contributed by atoms with Gasteiger partial charge in [-0.2, -0.15) is 9.98 Å². The lowest BCUT2D eigenvalue weighted by atomic mass is 10.2. The van der Waals surface area contributed by atoms with E-state index < -0.39 is 16.1 Å². The summed E-state index contributed by atoms with van der Waals surface area (Å²) in [5, 5.41) is 9.38. The zero-order valence-corrected chi connectivity index (χ0v) is 12.4. The number of halogens is 2. The van der Waals surface area contributed by atoms with E-state index in [1.54, 1.807) is 0 Å². The molecule has 4 nitrogen and oxygen atoms in total. The molecule has 1 fully saturated rings. The molecular formula is C11H10BrClN2O2S. The van der Waals surface area contributed by atoms with Crippen LogP contribution in [0.4, 0.5) is 0 Å². The predicted molar refractivity (Wildman–Crippen MR) is 71.6 cm³/mol. The molecule has 1 atom stereocenters. The van der Waals surface area contributed by atoms with Gasteiger partial charge in [0.15, 0.2) is 0 Å². The lowest BCUT2D eigenvalue weighted by molar-refractivity contribution is 0.560. The maximum Gasteiger partial charge on any atom is 0.241 e. The highest BCUT2D eigenvalue weighted by molar-refractivity contribution is 9.10. The van der Waals surface area contributed by atoms with Crippen molar-refractivity contribution >= 4 is 37.6 Å². The molecule has 1 unspecified atom stereocenters. The van der Waals surface area contributed by atoms with Crippen LogP contribution < -0.4 is 4.72 Å². The number of hydrogen-bond acceptors (Lipinski definition) is 3. The molecule has 1 N–H and O–H groups in total. The number of rotatable bonds is 4. The fourth-order valence-electron chi connectivity index (χ4n) is 1.54. The molecule has 0 radical (unpaired) electrons. The lowest BCUT2D eigenvalue weighted by Gasteiger charge is -2.11. The zero-order chi connectivity index (χ0) is 13.3. The molecule has 96 valence electrons. The molecule has 0 heterocycles. The summed E-state index contributed by atoms with van der Waals surface area (Å²) in [6.07, 6.45) is 1.79. The molecule has 0 spiro atoms. The molecule has 0 aliphatic heterocycles. The van der Waals surface area contributed by atoms with Gasteiger partial charge in [0.05, 0.1) is 16.0 Å². The molecule has 2 rings (SSSR count). The van der Waals surface area contributed by atoms with E-state index in [1.807, 2.05) is 6.07 Å². The molecule has 0 bridgehead atoms. The van der Waals surface area contributed by atoms with E-state index in [1.165, 1.54) is 18.2 Å². The van der Waals surface area contributed by atoms with Gasteiger partial charge in [0.2, 0.25) is 10.0 Å². The maximum atomic E-state index is 12.1. The molecule has 1 aliphatic rings. The SMILES string of the molecule is N#CC(NS(=O)(=O)c1ccc(Cl)c(Br)c1)C1CC1. The summed E-state index contributed by atoms with van der Waals surface area (Å²) in [5.41, 5.74) is 0. The summed E-state index contributed by atoms with van der Waals surface area (Å²) in [6, 6.07) is 5.67. The molecule has 18 heavy (non-hydrogen) atoms.